The van der Waals surface area contributed by atoms with Crippen molar-refractivity contribution in [3.8, 4) is 0 Å². The van der Waals surface area contributed by atoms with Crippen LogP contribution in [0.2, 0.25) is 0 Å². The topological polar surface area (TPSA) is 75.6 Å². The SMILES string of the molecule is O=C(O)C=Cc1ccc(C(=O)NC2CCOCC2)c(F)c1. The summed E-state index contributed by atoms with van der Waals surface area (Å²) in [4.78, 5) is 22.4. The van der Waals surface area contributed by atoms with Crippen LogP contribution in [-0.4, -0.2) is 36.2 Å². The van der Waals surface area contributed by atoms with Crippen LogP contribution < -0.4 is 5.32 Å². The van der Waals surface area contributed by atoms with Crippen LogP contribution in [0.1, 0.15) is 28.8 Å². The second-order valence-electron chi connectivity index (χ2n) is 4.77. The first-order valence-electron chi connectivity index (χ1n) is 6.65. The molecule has 0 aromatic heterocycles. The van der Waals surface area contributed by atoms with Gasteiger partial charge in [0.15, 0.2) is 0 Å². The third-order valence-electron chi connectivity index (χ3n) is 3.21. The van der Waals surface area contributed by atoms with Crippen LogP contribution in [0.5, 0.6) is 0 Å². The summed E-state index contributed by atoms with van der Waals surface area (Å²) < 4.78 is 19.1. The highest BCUT2D eigenvalue weighted by Crippen LogP contribution is 2.13. The Morgan fingerprint density at radius 2 is 2.05 bits per heavy atom. The molecule has 0 radical (unpaired) electrons. The number of carbonyl (C=O) groups excluding carboxylic acids is 1. The van der Waals surface area contributed by atoms with Crippen molar-refractivity contribution in [1.82, 2.24) is 5.32 Å². The molecule has 1 aromatic carbocycles. The Bertz CT molecular complexity index is 565. The lowest BCUT2D eigenvalue weighted by molar-refractivity contribution is -0.131. The van der Waals surface area contributed by atoms with E-state index >= 15 is 0 Å². The molecule has 0 spiro atoms. The van der Waals surface area contributed by atoms with E-state index in [4.69, 9.17) is 9.84 Å². The molecule has 6 heteroatoms. The van der Waals surface area contributed by atoms with Crippen LogP contribution in [-0.2, 0) is 9.53 Å². The number of amides is 1. The molecule has 1 aliphatic rings. The van der Waals surface area contributed by atoms with Crippen LogP contribution in [0.4, 0.5) is 4.39 Å². The summed E-state index contributed by atoms with van der Waals surface area (Å²) >= 11 is 0. The fourth-order valence-electron chi connectivity index (χ4n) is 2.09. The molecule has 0 unspecified atom stereocenters. The molecular weight excluding hydrogens is 277 g/mol. The lowest BCUT2D eigenvalue weighted by atomic mass is 10.1. The van der Waals surface area contributed by atoms with E-state index in [9.17, 15) is 14.0 Å². The van der Waals surface area contributed by atoms with Crippen LogP contribution in [0.25, 0.3) is 6.08 Å². The lowest BCUT2D eigenvalue weighted by Gasteiger charge is -2.23. The van der Waals surface area contributed by atoms with E-state index in [1.807, 2.05) is 0 Å². The summed E-state index contributed by atoms with van der Waals surface area (Å²) in [6, 6.07) is 3.99. The number of carboxylic acids is 1. The second kappa shape index (κ2) is 6.99. The first-order chi connectivity index (χ1) is 10.1. The number of aliphatic carboxylic acids is 1. The van der Waals surface area contributed by atoms with E-state index in [1.165, 1.54) is 18.2 Å². The molecule has 1 aromatic rings. The van der Waals surface area contributed by atoms with Gasteiger partial charge in [0.2, 0.25) is 0 Å². The van der Waals surface area contributed by atoms with Gasteiger partial charge in [-0.05, 0) is 36.6 Å². The number of halogens is 1. The molecule has 0 saturated carbocycles. The predicted molar refractivity (Wildman–Crippen MR) is 74.4 cm³/mol. The monoisotopic (exact) mass is 293 g/mol. The second-order valence-corrected chi connectivity index (χ2v) is 4.77. The van der Waals surface area contributed by atoms with Crippen molar-refractivity contribution in [2.24, 2.45) is 0 Å². The minimum absolute atomic E-state index is 0.00256. The number of carboxylic acid groups (broad SMARTS) is 1. The van der Waals surface area contributed by atoms with Gasteiger partial charge in [-0.25, -0.2) is 9.18 Å². The molecule has 1 fully saturated rings. The summed E-state index contributed by atoms with van der Waals surface area (Å²) in [6.45, 7) is 1.18. The summed E-state index contributed by atoms with van der Waals surface area (Å²) in [5, 5.41) is 11.3. The Morgan fingerprint density at radius 3 is 2.67 bits per heavy atom. The minimum Gasteiger partial charge on any atom is -0.478 e. The normalized spacial score (nSPS) is 16.0. The third-order valence-corrected chi connectivity index (χ3v) is 3.21. The Kier molecular flexibility index (Phi) is 5.05. The van der Waals surface area contributed by atoms with E-state index in [0.717, 1.165) is 12.1 Å². The van der Waals surface area contributed by atoms with Gasteiger partial charge in [-0.15, -0.1) is 0 Å². The van der Waals surface area contributed by atoms with E-state index in [-0.39, 0.29) is 11.6 Å². The third kappa shape index (κ3) is 4.39. The molecule has 0 aliphatic carbocycles. The largest absolute Gasteiger partial charge is 0.478 e. The minimum atomic E-state index is -1.11. The van der Waals surface area contributed by atoms with Crippen molar-refractivity contribution in [2.75, 3.05) is 13.2 Å². The van der Waals surface area contributed by atoms with E-state index in [2.05, 4.69) is 5.32 Å². The molecular formula is C15H16FNO4. The van der Waals surface area contributed by atoms with Crippen molar-refractivity contribution in [3.63, 3.8) is 0 Å². The van der Waals surface area contributed by atoms with Crippen molar-refractivity contribution < 1.29 is 23.8 Å². The van der Waals surface area contributed by atoms with Gasteiger partial charge in [-0.1, -0.05) is 6.07 Å². The first kappa shape index (κ1) is 15.2. The van der Waals surface area contributed by atoms with E-state index in [1.54, 1.807) is 0 Å². The maximum Gasteiger partial charge on any atom is 0.328 e. The molecule has 112 valence electrons. The molecule has 2 N–H and O–H groups in total. The van der Waals surface area contributed by atoms with Crippen LogP contribution >= 0.6 is 0 Å². The summed E-state index contributed by atoms with van der Waals surface area (Å²) in [7, 11) is 0. The van der Waals surface area contributed by atoms with Gasteiger partial charge in [0.25, 0.3) is 5.91 Å². The Labute approximate surface area is 121 Å². The Balaban J connectivity index is 2.05. The van der Waals surface area contributed by atoms with Gasteiger partial charge >= 0.3 is 5.97 Å². The predicted octanol–water partition coefficient (Wildman–Crippen LogP) is 1.83. The molecule has 1 saturated heterocycles. The maximum atomic E-state index is 13.9. The maximum absolute atomic E-state index is 13.9. The van der Waals surface area contributed by atoms with Crippen LogP contribution in [0.3, 0.4) is 0 Å². The average molecular weight is 293 g/mol. The molecule has 0 bridgehead atoms. The number of hydrogen-bond donors (Lipinski definition) is 2. The quantitative estimate of drug-likeness (QED) is 0.830. The zero-order valence-corrected chi connectivity index (χ0v) is 11.3. The smallest absolute Gasteiger partial charge is 0.328 e. The zero-order chi connectivity index (χ0) is 15.2. The molecule has 1 aliphatic heterocycles. The van der Waals surface area contributed by atoms with Crippen molar-refractivity contribution in [2.45, 2.75) is 18.9 Å². The number of rotatable bonds is 4. The Hall–Kier alpha value is -2.21. The van der Waals surface area contributed by atoms with Crippen molar-refractivity contribution in [3.05, 3.63) is 41.2 Å². The molecule has 5 nitrogen and oxygen atoms in total. The summed E-state index contributed by atoms with van der Waals surface area (Å²) in [6.07, 6.45) is 3.61. The first-order valence-corrected chi connectivity index (χ1v) is 6.65. The number of benzene rings is 1. The number of nitrogens with one attached hydrogen (secondary N) is 1. The Morgan fingerprint density at radius 1 is 1.33 bits per heavy atom. The number of carbonyl (C=O) groups is 2. The number of ether oxygens (including phenoxy) is 1. The van der Waals surface area contributed by atoms with Gasteiger partial charge < -0.3 is 15.2 Å². The van der Waals surface area contributed by atoms with Crippen molar-refractivity contribution >= 4 is 18.0 Å². The molecule has 21 heavy (non-hydrogen) atoms. The average Bonchev–Trinajstić information content (AvgIpc) is 2.46. The fraction of sp³-hybridized carbons (Fsp3) is 0.333. The molecule has 0 atom stereocenters. The molecule has 1 amide bonds. The van der Waals surface area contributed by atoms with E-state index < -0.39 is 17.7 Å². The van der Waals surface area contributed by atoms with Crippen molar-refractivity contribution in [1.29, 1.82) is 0 Å². The highest BCUT2D eigenvalue weighted by atomic mass is 19.1. The van der Waals surface area contributed by atoms with Crippen LogP contribution in [0.15, 0.2) is 24.3 Å². The zero-order valence-electron chi connectivity index (χ0n) is 11.3. The molecule has 1 heterocycles. The van der Waals surface area contributed by atoms with Gasteiger partial charge in [-0.3, -0.25) is 4.79 Å². The highest BCUT2D eigenvalue weighted by molar-refractivity contribution is 5.95. The fourth-order valence-corrected chi connectivity index (χ4v) is 2.09. The summed E-state index contributed by atoms with van der Waals surface area (Å²) in [5.74, 6) is -2.25. The van der Waals surface area contributed by atoms with Gasteiger partial charge in [0.05, 0.1) is 5.56 Å². The lowest BCUT2D eigenvalue weighted by Crippen LogP contribution is -2.39. The number of hydrogen-bond acceptors (Lipinski definition) is 3. The van der Waals surface area contributed by atoms with Gasteiger partial charge in [0.1, 0.15) is 5.82 Å². The summed E-state index contributed by atoms with van der Waals surface area (Å²) in [5.41, 5.74) is 0.339. The van der Waals surface area contributed by atoms with Gasteiger partial charge in [0, 0.05) is 25.3 Å². The van der Waals surface area contributed by atoms with Gasteiger partial charge in [-0.2, -0.15) is 0 Å². The van der Waals surface area contributed by atoms with Crippen LogP contribution in [0, 0.1) is 5.82 Å². The highest BCUT2D eigenvalue weighted by Gasteiger charge is 2.19. The van der Waals surface area contributed by atoms with E-state index in [0.29, 0.717) is 31.6 Å². The standard InChI is InChI=1S/C15H16FNO4/c16-13-9-10(2-4-14(18)19)1-3-12(13)15(20)17-11-5-7-21-8-6-11/h1-4,9,11H,5-8H2,(H,17,20)(H,18,19). The molecule has 2 rings (SSSR count).